The maximum Gasteiger partial charge on any atom is 0.384 e. The molecule has 0 saturated carbocycles. The van der Waals surface area contributed by atoms with Crippen LogP contribution in [0.3, 0.4) is 0 Å². The highest BCUT2D eigenvalue weighted by Crippen LogP contribution is 2.11. The van der Waals surface area contributed by atoms with E-state index in [1.807, 2.05) is 25.1 Å². The monoisotopic (exact) mass is 314 g/mol. The Morgan fingerprint density at radius 1 is 1.53 bits per heavy atom. The number of carbonyl (C=O) groups excluding carboxylic acids is 1. The Morgan fingerprint density at radius 3 is 2.87 bits per heavy atom. The minimum atomic E-state index is -0.476. The molecule has 15 heavy (non-hydrogen) atoms. The van der Waals surface area contributed by atoms with Crippen molar-refractivity contribution in [1.82, 2.24) is 0 Å². The van der Waals surface area contributed by atoms with E-state index in [9.17, 15) is 4.79 Å². The zero-order chi connectivity index (χ0) is 11.3. The number of rotatable bonds is 1. The van der Waals surface area contributed by atoms with Crippen LogP contribution in [-0.2, 0) is 9.53 Å². The number of carbonyl (C=O) groups is 1. The summed E-state index contributed by atoms with van der Waals surface area (Å²) in [5.74, 6) is 4.77. The van der Waals surface area contributed by atoms with E-state index in [0.29, 0.717) is 6.61 Å². The minimum absolute atomic E-state index is 0.360. The summed E-state index contributed by atoms with van der Waals surface area (Å²) in [6.07, 6.45) is 0. The lowest BCUT2D eigenvalue weighted by molar-refractivity contribution is -0.136. The van der Waals surface area contributed by atoms with Crippen molar-refractivity contribution in [3.63, 3.8) is 0 Å². The second-order valence-electron chi connectivity index (χ2n) is 2.93. The molecule has 1 aromatic rings. The molecule has 1 aromatic carbocycles. The van der Waals surface area contributed by atoms with Crippen molar-refractivity contribution in [1.29, 1.82) is 0 Å². The quantitative estimate of drug-likeness (QED) is 0.452. The summed E-state index contributed by atoms with van der Waals surface area (Å²) in [6, 6.07) is 5.89. The van der Waals surface area contributed by atoms with Crippen LogP contribution in [0.15, 0.2) is 18.2 Å². The molecule has 0 spiro atoms. The Balaban J connectivity index is 2.84. The molecule has 0 aliphatic rings. The maximum atomic E-state index is 11.0. The van der Waals surface area contributed by atoms with Crippen molar-refractivity contribution in [2.24, 2.45) is 0 Å². The predicted octanol–water partition coefficient (Wildman–Crippen LogP) is 2.51. The van der Waals surface area contributed by atoms with Crippen LogP contribution in [0.1, 0.15) is 18.1 Å². The molecule has 0 fully saturated rings. The Morgan fingerprint density at radius 2 is 2.27 bits per heavy atom. The lowest BCUT2D eigenvalue weighted by Crippen LogP contribution is -1.99. The minimum Gasteiger partial charge on any atom is -0.456 e. The van der Waals surface area contributed by atoms with E-state index in [2.05, 4.69) is 34.4 Å². The van der Waals surface area contributed by atoms with Gasteiger partial charge in [0.05, 0.1) is 6.61 Å². The largest absolute Gasteiger partial charge is 0.456 e. The molecule has 3 heteroatoms. The molecule has 0 aromatic heterocycles. The molecule has 0 heterocycles. The first kappa shape index (κ1) is 12.1. The number of halogens is 1. The molecule has 0 aliphatic carbocycles. The molecule has 0 radical (unpaired) electrons. The number of hydrogen-bond donors (Lipinski definition) is 0. The summed E-state index contributed by atoms with van der Waals surface area (Å²) >= 11 is 2.24. The van der Waals surface area contributed by atoms with E-state index in [4.69, 9.17) is 4.74 Å². The first-order chi connectivity index (χ1) is 7.13. The Hall–Kier alpha value is -1.02. The normalized spacial score (nSPS) is 9.00. The van der Waals surface area contributed by atoms with Gasteiger partial charge in [0, 0.05) is 15.1 Å². The van der Waals surface area contributed by atoms with Crippen LogP contribution in [0.25, 0.3) is 0 Å². The SMILES string of the molecule is CCOC(=O)C#Cc1ccc(I)cc1C. The van der Waals surface area contributed by atoms with Gasteiger partial charge in [-0.1, -0.05) is 5.92 Å². The van der Waals surface area contributed by atoms with Gasteiger partial charge in [-0.3, -0.25) is 0 Å². The summed E-state index contributed by atoms with van der Waals surface area (Å²) in [5, 5.41) is 0. The zero-order valence-electron chi connectivity index (χ0n) is 8.63. The average Bonchev–Trinajstić information content (AvgIpc) is 2.17. The molecule has 0 unspecified atom stereocenters. The second kappa shape index (κ2) is 5.76. The third-order valence-corrected chi connectivity index (χ3v) is 2.43. The van der Waals surface area contributed by atoms with Crippen LogP contribution >= 0.6 is 22.6 Å². The van der Waals surface area contributed by atoms with Crippen molar-refractivity contribution in [3.05, 3.63) is 32.9 Å². The third-order valence-electron chi connectivity index (χ3n) is 1.76. The highest BCUT2D eigenvalue weighted by atomic mass is 127. The van der Waals surface area contributed by atoms with E-state index in [1.54, 1.807) is 6.92 Å². The molecule has 0 bridgehead atoms. The molecule has 78 valence electrons. The van der Waals surface area contributed by atoms with Crippen LogP contribution in [0.5, 0.6) is 0 Å². The van der Waals surface area contributed by atoms with Gasteiger partial charge in [-0.25, -0.2) is 4.79 Å². The van der Waals surface area contributed by atoms with Crippen LogP contribution in [0.4, 0.5) is 0 Å². The molecule has 2 nitrogen and oxygen atoms in total. The van der Waals surface area contributed by atoms with E-state index < -0.39 is 5.97 Å². The van der Waals surface area contributed by atoms with Crippen molar-refractivity contribution in [2.75, 3.05) is 6.61 Å². The Bertz CT molecular complexity index is 427. The molecular weight excluding hydrogens is 303 g/mol. The summed E-state index contributed by atoms with van der Waals surface area (Å²) < 4.78 is 5.87. The average molecular weight is 314 g/mol. The van der Waals surface area contributed by atoms with E-state index >= 15 is 0 Å². The van der Waals surface area contributed by atoms with Gasteiger partial charge < -0.3 is 4.74 Å². The Labute approximate surface area is 103 Å². The van der Waals surface area contributed by atoms with Crippen LogP contribution in [0.2, 0.25) is 0 Å². The molecule has 0 atom stereocenters. The van der Waals surface area contributed by atoms with Crippen molar-refractivity contribution in [3.8, 4) is 11.8 Å². The number of hydrogen-bond acceptors (Lipinski definition) is 2. The molecule has 0 saturated heterocycles. The van der Waals surface area contributed by atoms with E-state index in [1.165, 1.54) is 0 Å². The fraction of sp³-hybridized carbons (Fsp3) is 0.250. The number of benzene rings is 1. The lowest BCUT2D eigenvalue weighted by atomic mass is 10.1. The van der Waals surface area contributed by atoms with Gasteiger partial charge in [-0.15, -0.1) is 0 Å². The van der Waals surface area contributed by atoms with Crippen molar-refractivity contribution >= 4 is 28.6 Å². The summed E-state index contributed by atoms with van der Waals surface area (Å²) in [4.78, 5) is 11.0. The van der Waals surface area contributed by atoms with Crippen LogP contribution in [0, 0.1) is 22.3 Å². The van der Waals surface area contributed by atoms with Crippen LogP contribution < -0.4 is 0 Å². The highest BCUT2D eigenvalue weighted by molar-refractivity contribution is 14.1. The summed E-state index contributed by atoms with van der Waals surface area (Å²) in [6.45, 7) is 4.09. The predicted molar refractivity (Wildman–Crippen MR) is 67.4 cm³/mol. The van der Waals surface area contributed by atoms with Gasteiger partial charge in [0.15, 0.2) is 0 Å². The number of ether oxygens (including phenoxy) is 1. The first-order valence-corrected chi connectivity index (χ1v) is 5.66. The molecule has 0 amide bonds. The first-order valence-electron chi connectivity index (χ1n) is 4.58. The smallest absolute Gasteiger partial charge is 0.384 e. The zero-order valence-corrected chi connectivity index (χ0v) is 10.8. The van der Waals surface area contributed by atoms with E-state index in [-0.39, 0.29) is 0 Å². The van der Waals surface area contributed by atoms with E-state index in [0.717, 1.165) is 14.7 Å². The maximum absolute atomic E-state index is 11.0. The molecular formula is C12H11IO2. The van der Waals surface area contributed by atoms with Gasteiger partial charge in [0.25, 0.3) is 0 Å². The van der Waals surface area contributed by atoms with Crippen LogP contribution in [-0.4, -0.2) is 12.6 Å². The highest BCUT2D eigenvalue weighted by Gasteiger charge is 1.97. The summed E-state index contributed by atoms with van der Waals surface area (Å²) in [7, 11) is 0. The van der Waals surface area contributed by atoms with Crippen molar-refractivity contribution < 1.29 is 9.53 Å². The van der Waals surface area contributed by atoms with Gasteiger partial charge >= 0.3 is 5.97 Å². The van der Waals surface area contributed by atoms with Gasteiger partial charge in [0.2, 0.25) is 0 Å². The number of aryl methyl sites for hydroxylation is 1. The fourth-order valence-corrected chi connectivity index (χ4v) is 1.70. The lowest BCUT2D eigenvalue weighted by Gasteiger charge is -1.97. The summed E-state index contributed by atoms with van der Waals surface area (Å²) in [5.41, 5.74) is 1.93. The van der Waals surface area contributed by atoms with Gasteiger partial charge in [-0.05, 0) is 60.2 Å². The topological polar surface area (TPSA) is 26.3 Å². The molecule has 0 aliphatic heterocycles. The molecule has 1 rings (SSSR count). The second-order valence-corrected chi connectivity index (χ2v) is 4.18. The standard InChI is InChI=1S/C12H11IO2/c1-3-15-12(14)7-5-10-4-6-11(13)8-9(10)2/h4,6,8H,3H2,1-2H3. The van der Waals surface area contributed by atoms with Crippen molar-refractivity contribution in [2.45, 2.75) is 13.8 Å². The third kappa shape index (κ3) is 3.92. The van der Waals surface area contributed by atoms with Gasteiger partial charge in [0.1, 0.15) is 0 Å². The van der Waals surface area contributed by atoms with Gasteiger partial charge in [-0.2, -0.15) is 0 Å². The Kier molecular flexibility index (Phi) is 4.63. The number of esters is 1. The molecule has 0 N–H and O–H groups in total. The fourth-order valence-electron chi connectivity index (χ4n) is 1.05.